The van der Waals surface area contributed by atoms with E-state index in [9.17, 15) is 0 Å². The molecule has 4 heteroatoms. The lowest BCUT2D eigenvalue weighted by atomic mass is 9.98. The van der Waals surface area contributed by atoms with Gasteiger partial charge in [-0.3, -0.25) is 4.99 Å². The minimum atomic E-state index is 0.354. The fraction of sp³-hybridized carbons (Fsp3) is 0.933. The van der Waals surface area contributed by atoms with Crippen molar-refractivity contribution in [2.45, 2.75) is 77.4 Å². The van der Waals surface area contributed by atoms with Gasteiger partial charge in [0.2, 0.25) is 0 Å². The van der Waals surface area contributed by atoms with Crippen LogP contribution >= 0.6 is 0 Å². The van der Waals surface area contributed by atoms with Crippen molar-refractivity contribution in [3.63, 3.8) is 0 Å². The Bertz CT molecular complexity index is 248. The highest BCUT2D eigenvalue weighted by Gasteiger charge is 2.12. The molecule has 19 heavy (non-hydrogen) atoms. The summed E-state index contributed by atoms with van der Waals surface area (Å²) >= 11 is 0. The first-order chi connectivity index (χ1) is 9.18. The van der Waals surface area contributed by atoms with E-state index in [4.69, 9.17) is 10.5 Å². The Morgan fingerprint density at radius 3 is 2.63 bits per heavy atom. The molecule has 4 nitrogen and oxygen atoms in total. The number of hydrogen-bond donors (Lipinski definition) is 2. The Kier molecular flexibility index (Phi) is 8.63. The van der Waals surface area contributed by atoms with E-state index >= 15 is 0 Å². The number of nitrogens with one attached hydrogen (secondary N) is 1. The van der Waals surface area contributed by atoms with Gasteiger partial charge in [0.15, 0.2) is 5.96 Å². The van der Waals surface area contributed by atoms with Gasteiger partial charge in [0, 0.05) is 19.2 Å². The van der Waals surface area contributed by atoms with Crippen LogP contribution in [0.1, 0.15) is 65.2 Å². The second-order valence-electron chi connectivity index (χ2n) is 5.76. The van der Waals surface area contributed by atoms with Crippen molar-refractivity contribution in [2.75, 3.05) is 13.2 Å². The quantitative estimate of drug-likeness (QED) is 0.405. The molecule has 0 aromatic carbocycles. The van der Waals surface area contributed by atoms with Crippen LogP contribution in [0.5, 0.6) is 0 Å². The number of nitrogens with two attached hydrogens (primary N) is 1. The summed E-state index contributed by atoms with van der Waals surface area (Å²) in [6, 6.07) is 0.354. The van der Waals surface area contributed by atoms with Gasteiger partial charge in [0.1, 0.15) is 0 Å². The zero-order valence-corrected chi connectivity index (χ0v) is 12.7. The van der Waals surface area contributed by atoms with Crippen molar-refractivity contribution < 1.29 is 4.74 Å². The summed E-state index contributed by atoms with van der Waals surface area (Å²) in [7, 11) is 0. The van der Waals surface area contributed by atoms with Gasteiger partial charge >= 0.3 is 0 Å². The predicted octanol–water partition coefficient (Wildman–Crippen LogP) is 2.82. The number of rotatable bonds is 8. The summed E-state index contributed by atoms with van der Waals surface area (Å²) in [4.78, 5) is 4.29. The molecule has 0 aromatic heterocycles. The van der Waals surface area contributed by atoms with Crippen LogP contribution in [0.2, 0.25) is 0 Å². The first kappa shape index (κ1) is 16.3. The smallest absolute Gasteiger partial charge is 0.188 e. The van der Waals surface area contributed by atoms with E-state index in [1.165, 1.54) is 38.5 Å². The highest BCUT2D eigenvalue weighted by Crippen LogP contribution is 2.20. The molecule has 0 aromatic rings. The zero-order valence-electron chi connectivity index (χ0n) is 12.7. The van der Waals surface area contributed by atoms with Gasteiger partial charge in [0.05, 0.1) is 6.10 Å². The van der Waals surface area contributed by atoms with Crippen LogP contribution in [-0.2, 0) is 4.74 Å². The molecule has 0 radical (unpaired) electrons. The molecular weight excluding hydrogens is 238 g/mol. The van der Waals surface area contributed by atoms with E-state index in [2.05, 4.69) is 24.2 Å². The molecule has 0 bridgehead atoms. The van der Waals surface area contributed by atoms with E-state index in [0.29, 0.717) is 18.1 Å². The summed E-state index contributed by atoms with van der Waals surface area (Å²) in [6.07, 6.45) is 10.6. The summed E-state index contributed by atoms with van der Waals surface area (Å²) in [5.74, 6) is 0.563. The van der Waals surface area contributed by atoms with Crippen molar-refractivity contribution in [3.8, 4) is 0 Å². The Hall–Kier alpha value is -0.770. The van der Waals surface area contributed by atoms with Gasteiger partial charge in [0.25, 0.3) is 0 Å². The first-order valence-corrected chi connectivity index (χ1v) is 7.86. The number of guanidine groups is 1. The number of ether oxygens (including phenoxy) is 1. The SMILES string of the molecule is CC(C)NC(N)=NCCCCCOC1CCCCC1. The normalized spacial score (nSPS) is 17.9. The highest BCUT2D eigenvalue weighted by molar-refractivity contribution is 5.77. The maximum atomic E-state index is 5.89. The molecule has 0 saturated heterocycles. The van der Waals surface area contributed by atoms with Crippen molar-refractivity contribution in [1.29, 1.82) is 0 Å². The first-order valence-electron chi connectivity index (χ1n) is 7.86. The fourth-order valence-electron chi connectivity index (χ4n) is 2.41. The maximum absolute atomic E-state index is 5.89. The van der Waals surface area contributed by atoms with Crippen LogP contribution < -0.4 is 11.1 Å². The lowest BCUT2D eigenvalue weighted by molar-refractivity contribution is 0.0264. The third-order valence-corrected chi connectivity index (χ3v) is 3.43. The molecule has 0 spiro atoms. The molecule has 0 atom stereocenters. The molecule has 0 heterocycles. The van der Waals surface area contributed by atoms with Crippen LogP contribution in [0.4, 0.5) is 0 Å². The van der Waals surface area contributed by atoms with Gasteiger partial charge in [-0.15, -0.1) is 0 Å². The molecular formula is C15H31N3O. The summed E-state index contributed by atoms with van der Waals surface area (Å²) in [6.45, 7) is 5.85. The fourth-order valence-corrected chi connectivity index (χ4v) is 2.41. The molecule has 1 aliphatic carbocycles. The Morgan fingerprint density at radius 1 is 1.21 bits per heavy atom. The topological polar surface area (TPSA) is 59.6 Å². The molecule has 0 aliphatic heterocycles. The number of nitrogens with zero attached hydrogens (tertiary/aromatic N) is 1. The van der Waals surface area contributed by atoms with E-state index in [1.807, 2.05) is 0 Å². The third-order valence-electron chi connectivity index (χ3n) is 3.43. The average molecular weight is 269 g/mol. The highest BCUT2D eigenvalue weighted by atomic mass is 16.5. The Balaban J connectivity index is 1.90. The number of hydrogen-bond acceptors (Lipinski definition) is 2. The number of unbranched alkanes of at least 4 members (excludes halogenated alkanes) is 2. The van der Waals surface area contributed by atoms with Crippen LogP contribution in [-0.4, -0.2) is 31.3 Å². The van der Waals surface area contributed by atoms with Crippen molar-refractivity contribution >= 4 is 5.96 Å². The van der Waals surface area contributed by atoms with Crippen LogP contribution in [0, 0.1) is 0 Å². The van der Waals surface area contributed by atoms with Crippen molar-refractivity contribution in [1.82, 2.24) is 5.32 Å². The zero-order chi connectivity index (χ0) is 13.9. The summed E-state index contributed by atoms with van der Waals surface area (Å²) in [5, 5.41) is 3.09. The molecule has 1 rings (SSSR count). The molecule has 0 unspecified atom stereocenters. The van der Waals surface area contributed by atoms with Gasteiger partial charge < -0.3 is 15.8 Å². The largest absolute Gasteiger partial charge is 0.378 e. The average Bonchev–Trinajstić information content (AvgIpc) is 2.38. The second kappa shape index (κ2) is 10.1. The van der Waals surface area contributed by atoms with E-state index in [1.54, 1.807) is 0 Å². The van der Waals surface area contributed by atoms with E-state index < -0.39 is 0 Å². The summed E-state index contributed by atoms with van der Waals surface area (Å²) in [5.41, 5.74) is 5.73. The van der Waals surface area contributed by atoms with Gasteiger partial charge in [-0.1, -0.05) is 19.3 Å². The third kappa shape index (κ3) is 8.87. The lowest BCUT2D eigenvalue weighted by Crippen LogP contribution is -2.36. The minimum Gasteiger partial charge on any atom is -0.378 e. The van der Waals surface area contributed by atoms with Crippen molar-refractivity contribution in [2.24, 2.45) is 10.7 Å². The molecule has 0 amide bonds. The molecule has 1 saturated carbocycles. The molecule has 112 valence electrons. The molecule has 1 aliphatic rings. The van der Waals surface area contributed by atoms with E-state index in [-0.39, 0.29) is 0 Å². The van der Waals surface area contributed by atoms with Gasteiger partial charge in [-0.05, 0) is 46.0 Å². The minimum absolute atomic E-state index is 0.354. The number of aliphatic imine (C=N–C) groups is 1. The Morgan fingerprint density at radius 2 is 1.95 bits per heavy atom. The van der Waals surface area contributed by atoms with E-state index in [0.717, 1.165) is 26.0 Å². The van der Waals surface area contributed by atoms with Gasteiger partial charge in [-0.25, -0.2) is 0 Å². The maximum Gasteiger partial charge on any atom is 0.188 e. The van der Waals surface area contributed by atoms with Crippen LogP contribution in [0.15, 0.2) is 4.99 Å². The monoisotopic (exact) mass is 269 g/mol. The summed E-state index contributed by atoms with van der Waals surface area (Å²) < 4.78 is 5.89. The predicted molar refractivity (Wildman–Crippen MR) is 81.4 cm³/mol. The standard InChI is InChI=1S/C15H31N3O/c1-13(2)18-15(16)17-11-7-4-8-12-19-14-9-5-3-6-10-14/h13-14H,3-12H2,1-2H3,(H3,16,17,18). The van der Waals surface area contributed by atoms with Crippen LogP contribution in [0.25, 0.3) is 0 Å². The molecule has 3 N–H and O–H groups in total. The van der Waals surface area contributed by atoms with Crippen molar-refractivity contribution in [3.05, 3.63) is 0 Å². The second-order valence-corrected chi connectivity index (χ2v) is 5.76. The molecule has 1 fully saturated rings. The Labute approximate surface area is 118 Å². The van der Waals surface area contributed by atoms with Crippen LogP contribution in [0.3, 0.4) is 0 Å². The lowest BCUT2D eigenvalue weighted by Gasteiger charge is -2.21. The van der Waals surface area contributed by atoms with Gasteiger partial charge in [-0.2, -0.15) is 0 Å².